The van der Waals surface area contributed by atoms with Gasteiger partial charge in [0.25, 0.3) is 0 Å². The predicted molar refractivity (Wildman–Crippen MR) is 87.0 cm³/mol. The monoisotopic (exact) mass is 294 g/mol. The van der Waals surface area contributed by atoms with E-state index < -0.39 is 0 Å². The van der Waals surface area contributed by atoms with Gasteiger partial charge in [0, 0.05) is 11.1 Å². The van der Waals surface area contributed by atoms with Gasteiger partial charge in [0.1, 0.15) is 0 Å². The fourth-order valence-electron chi connectivity index (χ4n) is 3.40. The van der Waals surface area contributed by atoms with E-state index in [4.69, 9.17) is 17.3 Å². The number of hydrogen-bond donors (Lipinski definition) is 1. The number of nitrogens with zero attached hydrogens (tertiary/aromatic N) is 1. The highest BCUT2D eigenvalue weighted by atomic mass is 35.5. The summed E-state index contributed by atoms with van der Waals surface area (Å²) >= 11 is 6.40. The Labute approximate surface area is 128 Å². The molecule has 20 heavy (non-hydrogen) atoms. The molecular formula is C17H27ClN2. The number of hydrogen-bond acceptors (Lipinski definition) is 2. The van der Waals surface area contributed by atoms with Crippen LogP contribution in [0.2, 0.25) is 5.02 Å². The van der Waals surface area contributed by atoms with Gasteiger partial charge in [-0.05, 0) is 56.8 Å². The van der Waals surface area contributed by atoms with Gasteiger partial charge in [-0.25, -0.2) is 0 Å². The van der Waals surface area contributed by atoms with E-state index in [2.05, 4.69) is 30.9 Å². The fourth-order valence-corrected chi connectivity index (χ4v) is 3.65. The van der Waals surface area contributed by atoms with Crippen molar-refractivity contribution in [2.75, 3.05) is 13.1 Å². The summed E-state index contributed by atoms with van der Waals surface area (Å²) in [7, 11) is 0. The Bertz CT molecular complexity index is 419. The average Bonchev–Trinajstić information content (AvgIpc) is 2.66. The number of likely N-dealkylation sites (tertiary alicyclic amines) is 1. The molecule has 3 atom stereocenters. The number of rotatable bonds is 4. The van der Waals surface area contributed by atoms with Crippen molar-refractivity contribution in [3.63, 3.8) is 0 Å². The molecule has 1 aliphatic rings. The third kappa shape index (κ3) is 3.75. The molecule has 2 rings (SSSR count). The van der Waals surface area contributed by atoms with Crippen LogP contribution < -0.4 is 5.73 Å². The molecule has 1 fully saturated rings. The molecule has 0 aliphatic carbocycles. The van der Waals surface area contributed by atoms with Gasteiger partial charge in [-0.15, -0.1) is 0 Å². The van der Waals surface area contributed by atoms with Gasteiger partial charge >= 0.3 is 0 Å². The van der Waals surface area contributed by atoms with Crippen LogP contribution in [0.3, 0.4) is 0 Å². The maximum atomic E-state index is 6.40. The van der Waals surface area contributed by atoms with Crippen LogP contribution in [0.5, 0.6) is 0 Å². The highest BCUT2D eigenvalue weighted by Crippen LogP contribution is 2.32. The lowest BCUT2D eigenvalue weighted by atomic mass is 9.97. The Hall–Kier alpha value is -0.570. The van der Waals surface area contributed by atoms with Gasteiger partial charge < -0.3 is 5.73 Å². The molecule has 3 unspecified atom stereocenters. The van der Waals surface area contributed by atoms with Crippen LogP contribution in [-0.2, 0) is 0 Å². The normalized spacial score (nSPS) is 24.1. The first-order chi connectivity index (χ1) is 9.63. The Kier molecular flexibility index (Phi) is 5.88. The Morgan fingerprint density at radius 2 is 2.05 bits per heavy atom. The third-order valence-corrected chi connectivity index (χ3v) is 4.92. The summed E-state index contributed by atoms with van der Waals surface area (Å²) in [6, 6.07) is 8.47. The molecule has 0 aromatic heterocycles. The predicted octanol–water partition coefficient (Wildman–Crippen LogP) is 4.24. The standard InChI is InChI=1S/C17H27ClN2/c1-3-14-7-6-11-20(12-10-14)17(13(2)19)15-8-4-5-9-16(15)18/h4-5,8-9,13-14,17H,3,6-7,10-12,19H2,1-2H3. The van der Waals surface area contributed by atoms with E-state index in [0.29, 0.717) is 0 Å². The summed E-state index contributed by atoms with van der Waals surface area (Å²) in [6.45, 7) is 6.66. The van der Waals surface area contributed by atoms with Crippen molar-refractivity contribution in [1.82, 2.24) is 4.90 Å². The largest absolute Gasteiger partial charge is 0.326 e. The van der Waals surface area contributed by atoms with Gasteiger partial charge in [-0.3, -0.25) is 4.90 Å². The zero-order valence-corrected chi connectivity index (χ0v) is 13.4. The fraction of sp³-hybridized carbons (Fsp3) is 0.647. The molecule has 0 saturated carbocycles. The Morgan fingerprint density at radius 1 is 1.30 bits per heavy atom. The zero-order valence-electron chi connectivity index (χ0n) is 12.7. The van der Waals surface area contributed by atoms with Crippen molar-refractivity contribution in [3.8, 4) is 0 Å². The molecule has 3 heteroatoms. The Balaban J connectivity index is 2.19. The summed E-state index contributed by atoms with van der Waals surface area (Å²) in [6.07, 6.45) is 5.19. The third-order valence-electron chi connectivity index (χ3n) is 4.57. The van der Waals surface area contributed by atoms with Crippen molar-refractivity contribution in [2.45, 2.75) is 51.6 Å². The molecule has 0 amide bonds. The number of halogens is 1. The van der Waals surface area contributed by atoms with E-state index >= 15 is 0 Å². The van der Waals surface area contributed by atoms with E-state index in [0.717, 1.165) is 24.0 Å². The second-order valence-corrected chi connectivity index (χ2v) is 6.47. The smallest absolute Gasteiger partial charge is 0.0511 e. The average molecular weight is 295 g/mol. The van der Waals surface area contributed by atoms with Crippen LogP contribution in [0.4, 0.5) is 0 Å². The molecule has 1 aromatic carbocycles. The maximum absolute atomic E-state index is 6.40. The minimum atomic E-state index is 0.0908. The van der Waals surface area contributed by atoms with Crippen molar-refractivity contribution in [1.29, 1.82) is 0 Å². The van der Waals surface area contributed by atoms with Gasteiger partial charge in [0.15, 0.2) is 0 Å². The van der Waals surface area contributed by atoms with Crippen LogP contribution in [0, 0.1) is 5.92 Å². The zero-order chi connectivity index (χ0) is 14.5. The highest BCUT2D eigenvalue weighted by Gasteiger charge is 2.27. The first-order valence-corrected chi connectivity index (χ1v) is 8.25. The van der Waals surface area contributed by atoms with E-state index in [-0.39, 0.29) is 12.1 Å². The summed E-state index contributed by atoms with van der Waals surface area (Å²) in [5.41, 5.74) is 7.47. The van der Waals surface area contributed by atoms with E-state index in [9.17, 15) is 0 Å². The number of nitrogens with two attached hydrogens (primary N) is 1. The second kappa shape index (κ2) is 7.44. The topological polar surface area (TPSA) is 29.3 Å². The lowest BCUT2D eigenvalue weighted by Crippen LogP contribution is -2.40. The summed E-state index contributed by atoms with van der Waals surface area (Å²) in [5.74, 6) is 0.875. The quantitative estimate of drug-likeness (QED) is 0.900. The molecule has 0 bridgehead atoms. The SMILES string of the molecule is CCC1CCCN(C(c2ccccc2Cl)C(C)N)CC1. The van der Waals surface area contributed by atoms with Crippen molar-refractivity contribution in [3.05, 3.63) is 34.9 Å². The van der Waals surface area contributed by atoms with Gasteiger partial charge in [-0.1, -0.05) is 43.1 Å². The summed E-state index contributed by atoms with van der Waals surface area (Å²) in [5, 5.41) is 0.839. The summed E-state index contributed by atoms with van der Waals surface area (Å²) < 4.78 is 0. The number of benzene rings is 1. The van der Waals surface area contributed by atoms with Crippen LogP contribution in [0.1, 0.15) is 51.1 Å². The van der Waals surface area contributed by atoms with Crippen LogP contribution in [0.15, 0.2) is 24.3 Å². The molecule has 1 saturated heterocycles. The van der Waals surface area contributed by atoms with Gasteiger partial charge in [0.2, 0.25) is 0 Å². The lowest BCUT2D eigenvalue weighted by Gasteiger charge is -2.34. The maximum Gasteiger partial charge on any atom is 0.0511 e. The van der Waals surface area contributed by atoms with E-state index in [1.807, 2.05) is 12.1 Å². The summed E-state index contributed by atoms with van der Waals surface area (Å²) in [4.78, 5) is 2.54. The molecule has 0 radical (unpaired) electrons. The van der Waals surface area contributed by atoms with Crippen molar-refractivity contribution in [2.24, 2.45) is 11.7 Å². The molecule has 1 aromatic rings. The molecule has 112 valence electrons. The minimum absolute atomic E-state index is 0.0908. The van der Waals surface area contributed by atoms with Gasteiger partial charge in [0.05, 0.1) is 6.04 Å². The van der Waals surface area contributed by atoms with Gasteiger partial charge in [-0.2, -0.15) is 0 Å². The van der Waals surface area contributed by atoms with Crippen molar-refractivity contribution >= 4 is 11.6 Å². The van der Waals surface area contributed by atoms with E-state index in [1.165, 1.54) is 31.2 Å². The van der Waals surface area contributed by atoms with Crippen molar-refractivity contribution < 1.29 is 0 Å². The molecule has 2 nitrogen and oxygen atoms in total. The molecule has 2 N–H and O–H groups in total. The molecule has 0 spiro atoms. The minimum Gasteiger partial charge on any atom is -0.326 e. The lowest BCUT2D eigenvalue weighted by molar-refractivity contribution is 0.181. The first-order valence-electron chi connectivity index (χ1n) is 7.87. The molecular weight excluding hydrogens is 268 g/mol. The molecule has 1 aliphatic heterocycles. The van der Waals surface area contributed by atoms with Crippen LogP contribution >= 0.6 is 11.6 Å². The van der Waals surface area contributed by atoms with E-state index in [1.54, 1.807) is 0 Å². The molecule has 1 heterocycles. The van der Waals surface area contributed by atoms with Crippen LogP contribution in [0.25, 0.3) is 0 Å². The van der Waals surface area contributed by atoms with Crippen LogP contribution in [-0.4, -0.2) is 24.0 Å². The first kappa shape index (κ1) is 15.8. The second-order valence-electron chi connectivity index (χ2n) is 6.07. The Morgan fingerprint density at radius 3 is 2.70 bits per heavy atom. The highest BCUT2D eigenvalue weighted by molar-refractivity contribution is 6.31.